The van der Waals surface area contributed by atoms with E-state index in [9.17, 15) is 5.26 Å². The predicted molar refractivity (Wildman–Crippen MR) is 74.2 cm³/mol. The summed E-state index contributed by atoms with van der Waals surface area (Å²) in [5.74, 6) is 1.35. The van der Waals surface area contributed by atoms with Gasteiger partial charge in [0.2, 0.25) is 0 Å². The Morgan fingerprint density at radius 3 is 2.56 bits per heavy atom. The van der Waals surface area contributed by atoms with Crippen molar-refractivity contribution in [3.63, 3.8) is 0 Å². The van der Waals surface area contributed by atoms with Crippen molar-refractivity contribution in [2.75, 3.05) is 19.6 Å². The van der Waals surface area contributed by atoms with E-state index in [4.69, 9.17) is 0 Å². The minimum absolute atomic E-state index is 0.292. The van der Waals surface area contributed by atoms with E-state index in [0.29, 0.717) is 12.0 Å². The van der Waals surface area contributed by atoms with Gasteiger partial charge in [-0.05, 0) is 51.0 Å². The second-order valence-corrected chi connectivity index (χ2v) is 6.35. The van der Waals surface area contributed by atoms with Crippen LogP contribution < -0.4 is 5.32 Å². The van der Waals surface area contributed by atoms with Gasteiger partial charge in [0.05, 0.1) is 6.07 Å². The molecule has 3 unspecified atom stereocenters. The molecule has 0 radical (unpaired) electrons. The van der Waals surface area contributed by atoms with Gasteiger partial charge >= 0.3 is 0 Å². The molecule has 0 aromatic heterocycles. The molecule has 1 aliphatic carbocycles. The number of nitrogens with one attached hydrogen (secondary N) is 1. The van der Waals surface area contributed by atoms with Gasteiger partial charge in [-0.1, -0.05) is 13.8 Å². The van der Waals surface area contributed by atoms with Gasteiger partial charge in [-0.25, -0.2) is 0 Å². The van der Waals surface area contributed by atoms with E-state index in [2.05, 4.69) is 37.1 Å². The molecule has 1 saturated carbocycles. The normalized spacial score (nSPS) is 32.8. The molecule has 2 aliphatic rings. The molecule has 3 nitrogen and oxygen atoms in total. The van der Waals surface area contributed by atoms with Crippen LogP contribution in [-0.4, -0.2) is 36.1 Å². The lowest BCUT2D eigenvalue weighted by Gasteiger charge is -2.41. The van der Waals surface area contributed by atoms with Crippen LogP contribution in [0.4, 0.5) is 0 Å². The van der Waals surface area contributed by atoms with Crippen LogP contribution in [0.15, 0.2) is 0 Å². The average Bonchev–Trinajstić information content (AvgIpc) is 3.17. The van der Waals surface area contributed by atoms with Gasteiger partial charge in [0.25, 0.3) is 0 Å². The minimum Gasteiger partial charge on any atom is -0.298 e. The number of hydrogen-bond acceptors (Lipinski definition) is 3. The first-order valence-electron chi connectivity index (χ1n) is 7.51. The molecular formula is C15H27N3. The zero-order chi connectivity index (χ0) is 13.2. The Balaban J connectivity index is 2.05. The Morgan fingerprint density at radius 2 is 2.00 bits per heavy atom. The smallest absolute Gasteiger partial charge is 0.122 e. The van der Waals surface area contributed by atoms with Crippen LogP contribution in [0.5, 0.6) is 0 Å². The van der Waals surface area contributed by atoms with E-state index in [1.165, 1.54) is 25.7 Å². The van der Waals surface area contributed by atoms with E-state index in [1.54, 1.807) is 0 Å². The van der Waals surface area contributed by atoms with Crippen LogP contribution in [0.25, 0.3) is 0 Å². The number of rotatable bonds is 5. The molecular weight excluding hydrogens is 222 g/mol. The highest BCUT2D eigenvalue weighted by Gasteiger charge is 2.47. The zero-order valence-corrected chi connectivity index (χ0v) is 12.1. The molecule has 2 rings (SSSR count). The number of likely N-dealkylation sites (N-methyl/N-ethyl adjacent to an activating group) is 1. The molecule has 1 saturated heterocycles. The Kier molecular flexibility index (Phi) is 4.29. The number of nitriles is 1. The van der Waals surface area contributed by atoms with Crippen molar-refractivity contribution in [2.45, 2.75) is 58.0 Å². The highest BCUT2D eigenvalue weighted by molar-refractivity contribution is 5.17. The summed E-state index contributed by atoms with van der Waals surface area (Å²) in [7, 11) is 0. The van der Waals surface area contributed by atoms with Crippen molar-refractivity contribution in [3.8, 4) is 6.07 Å². The molecule has 2 fully saturated rings. The summed E-state index contributed by atoms with van der Waals surface area (Å²) in [6.07, 6.45) is 5.05. The largest absolute Gasteiger partial charge is 0.298 e. The second-order valence-electron chi connectivity index (χ2n) is 6.35. The third-order valence-corrected chi connectivity index (χ3v) is 4.67. The summed E-state index contributed by atoms with van der Waals surface area (Å²) < 4.78 is 0. The molecule has 0 bridgehead atoms. The molecule has 1 aliphatic heterocycles. The zero-order valence-electron chi connectivity index (χ0n) is 12.1. The van der Waals surface area contributed by atoms with Crippen LogP contribution in [0.1, 0.15) is 46.5 Å². The van der Waals surface area contributed by atoms with Crippen molar-refractivity contribution >= 4 is 0 Å². The molecule has 102 valence electrons. The van der Waals surface area contributed by atoms with Crippen LogP contribution in [0.2, 0.25) is 0 Å². The molecule has 0 amide bonds. The third kappa shape index (κ3) is 2.87. The first-order valence-corrected chi connectivity index (χ1v) is 7.51. The summed E-state index contributed by atoms with van der Waals surface area (Å²) in [6.45, 7) is 9.71. The maximum atomic E-state index is 9.66. The minimum atomic E-state index is -0.292. The highest BCUT2D eigenvalue weighted by atomic mass is 15.2. The standard InChI is InChI=1S/C15H27N3/c1-4-17-15(10-16,14-7-8-14)11-18-9-12(2)5-6-13(18)3/h12-14,17H,4-9,11H2,1-3H3. The van der Waals surface area contributed by atoms with Crippen molar-refractivity contribution in [3.05, 3.63) is 0 Å². The highest BCUT2D eigenvalue weighted by Crippen LogP contribution is 2.40. The summed E-state index contributed by atoms with van der Waals surface area (Å²) in [4.78, 5) is 2.54. The summed E-state index contributed by atoms with van der Waals surface area (Å²) >= 11 is 0. The maximum absolute atomic E-state index is 9.66. The SMILES string of the molecule is CCNC(C#N)(CN1CC(C)CCC1C)C1CC1. The Bertz CT molecular complexity index is 318. The van der Waals surface area contributed by atoms with E-state index in [-0.39, 0.29) is 5.54 Å². The van der Waals surface area contributed by atoms with Crippen molar-refractivity contribution in [1.82, 2.24) is 10.2 Å². The molecule has 0 spiro atoms. The summed E-state index contributed by atoms with van der Waals surface area (Å²) in [6, 6.07) is 3.24. The third-order valence-electron chi connectivity index (χ3n) is 4.67. The fourth-order valence-corrected chi connectivity index (χ4v) is 3.31. The van der Waals surface area contributed by atoms with E-state index in [0.717, 1.165) is 25.6 Å². The first-order chi connectivity index (χ1) is 8.61. The summed E-state index contributed by atoms with van der Waals surface area (Å²) in [5, 5.41) is 13.1. The van der Waals surface area contributed by atoms with Gasteiger partial charge in [0, 0.05) is 19.1 Å². The number of likely N-dealkylation sites (tertiary alicyclic amines) is 1. The first kappa shape index (κ1) is 13.8. The van der Waals surface area contributed by atoms with Crippen molar-refractivity contribution in [2.24, 2.45) is 11.8 Å². The molecule has 0 aromatic rings. The predicted octanol–water partition coefficient (Wildman–Crippen LogP) is 2.39. The van der Waals surface area contributed by atoms with Crippen LogP contribution in [0, 0.1) is 23.2 Å². The molecule has 3 heteroatoms. The van der Waals surface area contributed by atoms with Gasteiger partial charge in [-0.2, -0.15) is 5.26 Å². The van der Waals surface area contributed by atoms with Gasteiger partial charge in [0.15, 0.2) is 0 Å². The molecule has 18 heavy (non-hydrogen) atoms. The van der Waals surface area contributed by atoms with Gasteiger partial charge in [0.1, 0.15) is 5.54 Å². The molecule has 1 heterocycles. The van der Waals surface area contributed by atoms with Crippen LogP contribution >= 0.6 is 0 Å². The Labute approximate surface area is 112 Å². The Morgan fingerprint density at radius 1 is 1.28 bits per heavy atom. The van der Waals surface area contributed by atoms with Crippen LogP contribution in [-0.2, 0) is 0 Å². The molecule has 1 N–H and O–H groups in total. The van der Waals surface area contributed by atoms with Gasteiger partial charge in [-0.3, -0.25) is 10.2 Å². The Hall–Kier alpha value is -0.590. The fourth-order valence-electron chi connectivity index (χ4n) is 3.31. The van der Waals surface area contributed by atoms with Crippen LogP contribution in [0.3, 0.4) is 0 Å². The molecule has 3 atom stereocenters. The lowest BCUT2D eigenvalue weighted by Crippen LogP contribution is -2.57. The van der Waals surface area contributed by atoms with E-state index in [1.807, 2.05) is 0 Å². The van der Waals surface area contributed by atoms with Crippen molar-refractivity contribution < 1.29 is 0 Å². The number of nitrogens with zero attached hydrogens (tertiary/aromatic N) is 2. The maximum Gasteiger partial charge on any atom is 0.122 e. The number of piperidine rings is 1. The lowest BCUT2D eigenvalue weighted by atomic mass is 9.89. The summed E-state index contributed by atoms with van der Waals surface area (Å²) in [5.41, 5.74) is -0.292. The van der Waals surface area contributed by atoms with E-state index >= 15 is 0 Å². The number of hydrogen-bond donors (Lipinski definition) is 1. The monoisotopic (exact) mass is 249 g/mol. The van der Waals surface area contributed by atoms with Gasteiger partial charge < -0.3 is 0 Å². The molecule has 0 aromatic carbocycles. The fraction of sp³-hybridized carbons (Fsp3) is 0.933. The average molecular weight is 249 g/mol. The topological polar surface area (TPSA) is 39.1 Å². The van der Waals surface area contributed by atoms with Gasteiger partial charge in [-0.15, -0.1) is 0 Å². The quantitative estimate of drug-likeness (QED) is 0.813. The lowest BCUT2D eigenvalue weighted by molar-refractivity contribution is 0.0929. The van der Waals surface area contributed by atoms with Crippen molar-refractivity contribution in [1.29, 1.82) is 5.26 Å². The second kappa shape index (κ2) is 5.59. The van der Waals surface area contributed by atoms with E-state index < -0.39 is 0 Å².